The quantitative estimate of drug-likeness (QED) is 0.249. The van der Waals surface area contributed by atoms with Crippen LogP contribution in [0, 0.1) is 6.92 Å². The van der Waals surface area contributed by atoms with Crippen molar-refractivity contribution in [2.75, 3.05) is 0 Å². The number of rotatable bonds is 18. The fourth-order valence-electron chi connectivity index (χ4n) is 4.19. The minimum Gasteiger partial charge on any atom is -0.507 e. The molecule has 0 aliphatic heterocycles. The van der Waals surface area contributed by atoms with Crippen LogP contribution in [-0.4, -0.2) is 5.11 Å². The Morgan fingerprint density at radius 2 is 1.00 bits per heavy atom. The molecule has 1 aromatic carbocycles. The summed E-state index contributed by atoms with van der Waals surface area (Å²) in [6.07, 6.45) is 23.8. The first-order chi connectivity index (χ1) is 13.7. The number of hydrogen-bond donors (Lipinski definition) is 1. The lowest BCUT2D eigenvalue weighted by Gasteiger charge is -2.14. The molecular weight excluding hydrogens is 340 g/mol. The van der Waals surface area contributed by atoms with Gasteiger partial charge in [0.15, 0.2) is 0 Å². The van der Waals surface area contributed by atoms with Gasteiger partial charge in [0.1, 0.15) is 5.75 Å². The molecule has 0 amide bonds. The minimum atomic E-state index is 0.569. The first-order valence-electron chi connectivity index (χ1n) is 12.5. The van der Waals surface area contributed by atoms with Gasteiger partial charge in [0, 0.05) is 0 Å². The lowest BCUT2D eigenvalue weighted by Crippen LogP contribution is -1.98. The van der Waals surface area contributed by atoms with Crippen molar-refractivity contribution in [3.8, 4) is 5.75 Å². The maximum Gasteiger partial charge on any atom is 0.121 e. The first kappa shape index (κ1) is 25.1. The van der Waals surface area contributed by atoms with Gasteiger partial charge in [-0.25, -0.2) is 0 Å². The van der Waals surface area contributed by atoms with Crippen LogP contribution in [0.2, 0.25) is 0 Å². The first-order valence-corrected chi connectivity index (χ1v) is 12.5. The maximum atomic E-state index is 10.6. The Hall–Kier alpha value is -0.980. The third kappa shape index (κ3) is 11.1. The Morgan fingerprint density at radius 3 is 1.50 bits per heavy atom. The predicted octanol–water partition coefficient (Wildman–Crippen LogP) is 9.07. The number of hydrogen-bond acceptors (Lipinski definition) is 1. The van der Waals surface area contributed by atoms with Crippen molar-refractivity contribution in [2.24, 2.45) is 0 Å². The molecule has 0 unspecified atom stereocenters. The summed E-state index contributed by atoms with van der Waals surface area (Å²) in [7, 11) is 0. The molecule has 0 aliphatic rings. The summed E-state index contributed by atoms with van der Waals surface area (Å²) in [6, 6.07) is 4.38. The number of aromatic hydroxyl groups is 1. The van der Waals surface area contributed by atoms with Crippen LogP contribution in [0.1, 0.15) is 133 Å². The van der Waals surface area contributed by atoms with E-state index >= 15 is 0 Å². The highest BCUT2D eigenvalue weighted by Crippen LogP contribution is 2.29. The second kappa shape index (κ2) is 16.9. The van der Waals surface area contributed by atoms with Gasteiger partial charge in [0.25, 0.3) is 0 Å². The van der Waals surface area contributed by atoms with Gasteiger partial charge in [-0.05, 0) is 49.3 Å². The fraction of sp³-hybridized carbons (Fsp3) is 0.778. The molecule has 1 heteroatoms. The van der Waals surface area contributed by atoms with Crippen LogP contribution in [0.5, 0.6) is 5.75 Å². The molecule has 0 saturated carbocycles. The maximum absolute atomic E-state index is 10.6. The summed E-state index contributed by atoms with van der Waals surface area (Å²) >= 11 is 0. The lowest BCUT2D eigenvalue weighted by atomic mass is 9.93. The van der Waals surface area contributed by atoms with Gasteiger partial charge in [-0.2, -0.15) is 0 Å². The summed E-state index contributed by atoms with van der Waals surface area (Å²) in [5.74, 6) is 0.569. The predicted molar refractivity (Wildman–Crippen MR) is 125 cm³/mol. The highest BCUT2D eigenvalue weighted by Gasteiger charge is 2.10. The average molecular weight is 389 g/mol. The third-order valence-electron chi connectivity index (χ3n) is 6.16. The third-order valence-corrected chi connectivity index (χ3v) is 6.16. The molecule has 28 heavy (non-hydrogen) atoms. The average Bonchev–Trinajstić information content (AvgIpc) is 2.70. The van der Waals surface area contributed by atoms with Crippen LogP contribution in [0.15, 0.2) is 12.1 Å². The van der Waals surface area contributed by atoms with Crippen molar-refractivity contribution < 1.29 is 5.11 Å². The Morgan fingerprint density at radius 1 is 0.571 bits per heavy atom. The topological polar surface area (TPSA) is 20.2 Å². The molecule has 0 radical (unpaired) electrons. The Bertz CT molecular complexity index is 491. The summed E-state index contributed by atoms with van der Waals surface area (Å²) in [5, 5.41) is 10.6. The van der Waals surface area contributed by atoms with Crippen molar-refractivity contribution in [3.63, 3.8) is 0 Å². The molecule has 162 valence electrons. The zero-order chi connectivity index (χ0) is 20.5. The molecule has 0 aliphatic carbocycles. The van der Waals surface area contributed by atoms with E-state index in [1.165, 1.54) is 114 Å². The standard InChI is InChI=1S/C27H48O/c1-4-6-8-10-12-14-16-18-20-25-23-22-24(3)27(28)26(25)21-19-17-15-13-11-9-7-5-2/h22-23,28H,4-21H2,1-3H3. The van der Waals surface area contributed by atoms with E-state index in [1.807, 2.05) is 6.92 Å². The number of unbranched alkanes of at least 4 members (excludes halogenated alkanes) is 14. The van der Waals surface area contributed by atoms with Crippen LogP contribution < -0.4 is 0 Å². The number of benzene rings is 1. The van der Waals surface area contributed by atoms with Crippen molar-refractivity contribution >= 4 is 0 Å². The van der Waals surface area contributed by atoms with Gasteiger partial charge in [0.05, 0.1) is 0 Å². The summed E-state index contributed by atoms with van der Waals surface area (Å²) in [4.78, 5) is 0. The molecule has 1 rings (SSSR count). The van der Waals surface area contributed by atoms with E-state index in [2.05, 4.69) is 26.0 Å². The monoisotopic (exact) mass is 388 g/mol. The van der Waals surface area contributed by atoms with E-state index < -0.39 is 0 Å². The smallest absolute Gasteiger partial charge is 0.121 e. The van der Waals surface area contributed by atoms with Crippen LogP contribution in [0.3, 0.4) is 0 Å². The van der Waals surface area contributed by atoms with Crippen molar-refractivity contribution in [1.29, 1.82) is 0 Å². The molecule has 0 heterocycles. The van der Waals surface area contributed by atoms with E-state index in [9.17, 15) is 5.11 Å². The summed E-state index contributed by atoms with van der Waals surface area (Å²) < 4.78 is 0. The minimum absolute atomic E-state index is 0.569. The van der Waals surface area contributed by atoms with E-state index in [1.54, 1.807) is 0 Å². The molecule has 0 saturated heterocycles. The molecule has 0 aromatic heterocycles. The fourth-order valence-corrected chi connectivity index (χ4v) is 4.19. The molecule has 0 atom stereocenters. The number of phenols is 1. The Kier molecular flexibility index (Phi) is 15.1. The summed E-state index contributed by atoms with van der Waals surface area (Å²) in [6.45, 7) is 6.59. The SMILES string of the molecule is CCCCCCCCCCc1ccc(C)c(O)c1CCCCCCCCCC. The van der Waals surface area contributed by atoms with Crippen LogP contribution >= 0.6 is 0 Å². The highest BCUT2D eigenvalue weighted by molar-refractivity contribution is 5.45. The van der Waals surface area contributed by atoms with Crippen molar-refractivity contribution in [2.45, 2.75) is 136 Å². The van der Waals surface area contributed by atoms with E-state index in [-0.39, 0.29) is 0 Å². The molecular formula is C27H48O. The van der Waals surface area contributed by atoms with Gasteiger partial charge in [-0.3, -0.25) is 0 Å². The van der Waals surface area contributed by atoms with Gasteiger partial charge in [-0.15, -0.1) is 0 Å². The number of phenolic OH excluding ortho intramolecular Hbond substituents is 1. The van der Waals surface area contributed by atoms with Gasteiger partial charge in [0.2, 0.25) is 0 Å². The Labute approximate surface area is 176 Å². The van der Waals surface area contributed by atoms with Crippen LogP contribution in [0.25, 0.3) is 0 Å². The lowest BCUT2D eigenvalue weighted by molar-refractivity contribution is 0.460. The van der Waals surface area contributed by atoms with Crippen molar-refractivity contribution in [3.05, 3.63) is 28.8 Å². The second-order valence-electron chi connectivity index (χ2n) is 8.82. The number of aryl methyl sites for hydroxylation is 2. The molecule has 1 aromatic rings. The van der Waals surface area contributed by atoms with E-state index in [0.29, 0.717) is 5.75 Å². The molecule has 1 nitrogen and oxygen atoms in total. The molecule has 0 spiro atoms. The largest absolute Gasteiger partial charge is 0.507 e. The van der Waals surface area contributed by atoms with Gasteiger partial charge >= 0.3 is 0 Å². The zero-order valence-electron chi connectivity index (χ0n) is 19.3. The molecule has 0 fully saturated rings. The van der Waals surface area contributed by atoms with E-state index in [0.717, 1.165) is 18.4 Å². The highest BCUT2D eigenvalue weighted by atomic mass is 16.3. The van der Waals surface area contributed by atoms with Gasteiger partial charge in [-0.1, -0.05) is 116 Å². The van der Waals surface area contributed by atoms with Crippen LogP contribution in [0.4, 0.5) is 0 Å². The zero-order valence-corrected chi connectivity index (χ0v) is 19.3. The van der Waals surface area contributed by atoms with Crippen molar-refractivity contribution in [1.82, 2.24) is 0 Å². The van der Waals surface area contributed by atoms with Gasteiger partial charge < -0.3 is 5.11 Å². The molecule has 1 N–H and O–H groups in total. The summed E-state index contributed by atoms with van der Waals surface area (Å²) in [5.41, 5.74) is 3.68. The molecule has 0 bridgehead atoms. The second-order valence-corrected chi connectivity index (χ2v) is 8.82. The van der Waals surface area contributed by atoms with E-state index in [4.69, 9.17) is 0 Å². The normalized spacial score (nSPS) is 11.2. The Balaban J connectivity index is 2.30. The van der Waals surface area contributed by atoms with Crippen LogP contribution in [-0.2, 0) is 12.8 Å².